The molecule has 1 amide bonds. The van der Waals surface area contributed by atoms with Crippen molar-refractivity contribution in [3.63, 3.8) is 0 Å². The molecule has 2 fully saturated rings. The van der Waals surface area contributed by atoms with Crippen molar-refractivity contribution in [3.8, 4) is 11.5 Å². The van der Waals surface area contributed by atoms with Gasteiger partial charge in [0.2, 0.25) is 0 Å². The lowest BCUT2D eigenvalue weighted by atomic mass is 10.0. The molecule has 176 valence electrons. The number of carbonyl (C=O) groups is 1. The quantitative estimate of drug-likeness (QED) is 0.538. The van der Waals surface area contributed by atoms with Gasteiger partial charge in [0.15, 0.2) is 0 Å². The molecule has 7 nitrogen and oxygen atoms in total. The average Bonchev–Trinajstić information content (AvgIpc) is 3.55. The van der Waals surface area contributed by atoms with Crippen LogP contribution in [-0.2, 0) is 6.54 Å². The Kier molecular flexibility index (Phi) is 6.11. The first kappa shape index (κ1) is 22.2. The molecule has 2 aliphatic heterocycles. The molecule has 34 heavy (non-hydrogen) atoms. The number of ether oxygens (including phenoxy) is 1. The summed E-state index contributed by atoms with van der Waals surface area (Å²) in [6, 6.07) is 18.1. The van der Waals surface area contributed by atoms with Crippen molar-refractivity contribution in [2.24, 2.45) is 11.8 Å². The van der Waals surface area contributed by atoms with Crippen LogP contribution in [0.15, 0.2) is 79.3 Å². The number of amides is 1. The molecule has 2 aliphatic rings. The molecule has 1 aromatic heterocycles. The highest BCUT2D eigenvalue weighted by Crippen LogP contribution is 2.32. The second kappa shape index (κ2) is 9.35. The van der Waals surface area contributed by atoms with Crippen molar-refractivity contribution < 1.29 is 9.53 Å². The van der Waals surface area contributed by atoms with E-state index in [4.69, 9.17) is 4.74 Å². The number of hydrogen-bond acceptors (Lipinski definition) is 5. The van der Waals surface area contributed by atoms with Gasteiger partial charge in [-0.05, 0) is 48.6 Å². The van der Waals surface area contributed by atoms with Crippen molar-refractivity contribution in [2.45, 2.75) is 13.5 Å². The van der Waals surface area contributed by atoms with Gasteiger partial charge >= 0.3 is 6.03 Å². The van der Waals surface area contributed by atoms with E-state index >= 15 is 0 Å². The molecule has 0 aliphatic carbocycles. The lowest BCUT2D eigenvalue weighted by molar-refractivity contribution is 0.197. The monoisotopic (exact) mass is 457 g/mol. The zero-order chi connectivity index (χ0) is 23.7. The molecule has 2 unspecified atom stereocenters. The van der Waals surface area contributed by atoms with Gasteiger partial charge in [-0.1, -0.05) is 36.9 Å². The lowest BCUT2D eigenvalue weighted by Crippen LogP contribution is -2.36. The van der Waals surface area contributed by atoms with Gasteiger partial charge in [0.05, 0.1) is 18.1 Å². The normalized spacial score (nSPS) is 19.8. The Morgan fingerprint density at radius 3 is 2.32 bits per heavy atom. The fourth-order valence-electron chi connectivity index (χ4n) is 4.88. The van der Waals surface area contributed by atoms with Crippen LogP contribution in [0.4, 0.5) is 10.5 Å². The summed E-state index contributed by atoms with van der Waals surface area (Å²) >= 11 is 0. The minimum atomic E-state index is -0.0451. The van der Waals surface area contributed by atoms with Crippen LogP contribution >= 0.6 is 0 Å². The molecule has 2 atom stereocenters. The standard InChI is InChI=1S/C27H31N5O2/c1-20(2)29(3)24-13-28-32(19-24)27(33)31-17-22-15-30(16-23(22)18-31)14-21-9-11-26(12-10-21)34-25-7-5-4-6-8-25/h4-13,19,22-23H,1,14-18H2,2-3H3. The van der Waals surface area contributed by atoms with Crippen molar-refractivity contribution in [1.82, 2.24) is 19.6 Å². The molecular formula is C27H31N5O2. The summed E-state index contributed by atoms with van der Waals surface area (Å²) < 4.78 is 7.35. The molecule has 2 aromatic carbocycles. The summed E-state index contributed by atoms with van der Waals surface area (Å²) in [5.41, 5.74) is 3.05. The number of benzene rings is 2. The predicted molar refractivity (Wildman–Crippen MR) is 133 cm³/mol. The molecule has 7 heteroatoms. The number of allylic oxidation sites excluding steroid dienone is 1. The fraction of sp³-hybridized carbons (Fsp3) is 0.333. The Morgan fingerprint density at radius 2 is 1.68 bits per heavy atom. The van der Waals surface area contributed by atoms with Gasteiger partial charge in [0.25, 0.3) is 0 Å². The highest BCUT2D eigenvalue weighted by molar-refractivity contribution is 5.77. The van der Waals surface area contributed by atoms with Crippen LogP contribution in [0, 0.1) is 11.8 Å². The molecule has 3 heterocycles. The van der Waals surface area contributed by atoms with Crippen molar-refractivity contribution in [2.75, 3.05) is 38.1 Å². The Morgan fingerprint density at radius 1 is 1.03 bits per heavy atom. The van der Waals surface area contributed by atoms with E-state index in [-0.39, 0.29) is 6.03 Å². The maximum absolute atomic E-state index is 13.0. The van der Waals surface area contributed by atoms with Crippen LogP contribution in [0.1, 0.15) is 12.5 Å². The molecule has 5 rings (SSSR count). The highest BCUT2D eigenvalue weighted by atomic mass is 16.5. The first-order chi connectivity index (χ1) is 16.5. The van der Waals surface area contributed by atoms with Gasteiger partial charge in [-0.2, -0.15) is 9.78 Å². The van der Waals surface area contributed by atoms with E-state index in [1.54, 1.807) is 12.4 Å². The maximum atomic E-state index is 13.0. The van der Waals surface area contributed by atoms with Crippen LogP contribution in [0.2, 0.25) is 0 Å². The second-order valence-electron chi connectivity index (χ2n) is 9.40. The van der Waals surface area contributed by atoms with Crippen LogP contribution in [0.5, 0.6) is 11.5 Å². The van der Waals surface area contributed by atoms with E-state index in [1.165, 1.54) is 10.2 Å². The summed E-state index contributed by atoms with van der Waals surface area (Å²) in [7, 11) is 1.92. The number of para-hydroxylation sites is 1. The Balaban J connectivity index is 1.13. The topological polar surface area (TPSA) is 53.8 Å². The number of anilines is 1. The minimum absolute atomic E-state index is 0.0451. The Hall–Kier alpha value is -3.58. The predicted octanol–water partition coefficient (Wildman–Crippen LogP) is 4.68. The number of hydrogen-bond donors (Lipinski definition) is 0. The molecule has 0 bridgehead atoms. The van der Waals surface area contributed by atoms with Crippen LogP contribution in [0.25, 0.3) is 0 Å². The van der Waals surface area contributed by atoms with Gasteiger partial charge < -0.3 is 14.5 Å². The Bertz CT molecular complexity index is 1140. The average molecular weight is 458 g/mol. The molecule has 0 radical (unpaired) electrons. The number of fused-ring (bicyclic) bond motifs is 1. The summed E-state index contributed by atoms with van der Waals surface area (Å²) in [4.78, 5) is 19.3. The highest BCUT2D eigenvalue weighted by Gasteiger charge is 2.41. The number of carbonyl (C=O) groups excluding carboxylic acids is 1. The largest absolute Gasteiger partial charge is 0.457 e. The van der Waals surface area contributed by atoms with Crippen LogP contribution in [-0.4, -0.2) is 58.8 Å². The zero-order valence-corrected chi connectivity index (χ0v) is 19.8. The molecule has 0 saturated carbocycles. The van der Waals surface area contributed by atoms with Gasteiger partial charge in [0, 0.05) is 45.5 Å². The summed E-state index contributed by atoms with van der Waals surface area (Å²) in [6.07, 6.45) is 3.49. The zero-order valence-electron chi connectivity index (χ0n) is 19.8. The fourth-order valence-corrected chi connectivity index (χ4v) is 4.88. The van der Waals surface area contributed by atoms with Gasteiger partial charge in [-0.3, -0.25) is 4.90 Å². The van der Waals surface area contributed by atoms with E-state index in [0.29, 0.717) is 11.8 Å². The number of aromatic nitrogens is 2. The second-order valence-corrected chi connectivity index (χ2v) is 9.40. The smallest absolute Gasteiger partial charge is 0.344 e. The number of rotatable bonds is 6. The third-order valence-electron chi connectivity index (χ3n) is 6.87. The van der Waals surface area contributed by atoms with Gasteiger partial charge in [0.1, 0.15) is 11.5 Å². The molecular weight excluding hydrogens is 426 g/mol. The number of likely N-dealkylation sites (tertiary alicyclic amines) is 2. The van der Waals surface area contributed by atoms with Crippen LogP contribution < -0.4 is 9.64 Å². The van der Waals surface area contributed by atoms with E-state index in [2.05, 4.69) is 28.7 Å². The third-order valence-corrected chi connectivity index (χ3v) is 6.87. The van der Waals surface area contributed by atoms with Crippen molar-refractivity contribution >= 4 is 11.7 Å². The molecule has 3 aromatic rings. The SMILES string of the molecule is C=C(C)N(C)c1cnn(C(=O)N2CC3CN(Cc4ccc(Oc5ccccc5)cc4)CC3C2)c1. The first-order valence-corrected chi connectivity index (χ1v) is 11.7. The summed E-state index contributed by atoms with van der Waals surface area (Å²) in [6.45, 7) is 10.4. The summed E-state index contributed by atoms with van der Waals surface area (Å²) in [5, 5.41) is 4.28. The maximum Gasteiger partial charge on any atom is 0.344 e. The van der Waals surface area contributed by atoms with E-state index in [0.717, 1.165) is 55.6 Å². The molecule has 0 spiro atoms. The van der Waals surface area contributed by atoms with Crippen molar-refractivity contribution in [3.05, 3.63) is 84.8 Å². The molecule has 0 N–H and O–H groups in total. The third kappa shape index (κ3) is 4.70. The molecule has 2 saturated heterocycles. The minimum Gasteiger partial charge on any atom is -0.457 e. The van der Waals surface area contributed by atoms with Crippen molar-refractivity contribution in [1.29, 1.82) is 0 Å². The number of nitrogens with zero attached hydrogens (tertiary/aromatic N) is 5. The van der Waals surface area contributed by atoms with E-state index in [1.807, 2.05) is 66.2 Å². The first-order valence-electron chi connectivity index (χ1n) is 11.7. The Labute approximate surface area is 200 Å². The lowest BCUT2D eigenvalue weighted by Gasteiger charge is -2.21. The van der Waals surface area contributed by atoms with Gasteiger partial charge in [-0.25, -0.2) is 4.79 Å². The van der Waals surface area contributed by atoms with Crippen LogP contribution in [0.3, 0.4) is 0 Å². The van der Waals surface area contributed by atoms with Gasteiger partial charge in [-0.15, -0.1) is 0 Å². The van der Waals surface area contributed by atoms with E-state index in [9.17, 15) is 4.79 Å². The van der Waals surface area contributed by atoms with E-state index < -0.39 is 0 Å². The summed E-state index contributed by atoms with van der Waals surface area (Å²) in [5.74, 6) is 2.71.